The SMILES string of the molecule is CCN1CCN(Cc2cc(F)ccc2S(=O)(=O)Nc2ccc3c(c2C(=O)OC)OCC2CC32)C(=O)C1. The molecule has 2 aromatic rings. The number of esters is 1. The van der Waals surface area contributed by atoms with Gasteiger partial charge in [0.25, 0.3) is 10.0 Å². The van der Waals surface area contributed by atoms with Crippen LogP contribution < -0.4 is 9.46 Å². The molecule has 1 N–H and O–H groups in total. The monoisotopic (exact) mass is 517 g/mol. The number of carbonyl (C=O) groups is 2. The summed E-state index contributed by atoms with van der Waals surface area (Å²) in [5.41, 5.74) is 1.04. The number of sulfonamides is 1. The molecule has 0 radical (unpaired) electrons. The zero-order valence-electron chi connectivity index (χ0n) is 20.1. The molecule has 5 rings (SSSR count). The van der Waals surface area contributed by atoms with Crippen molar-refractivity contribution in [2.75, 3.05) is 44.6 Å². The van der Waals surface area contributed by atoms with E-state index < -0.39 is 21.8 Å². The Morgan fingerprint density at radius 1 is 1.25 bits per heavy atom. The Morgan fingerprint density at radius 3 is 2.78 bits per heavy atom. The van der Waals surface area contributed by atoms with E-state index in [0.29, 0.717) is 31.4 Å². The van der Waals surface area contributed by atoms with Gasteiger partial charge in [-0.25, -0.2) is 17.6 Å². The summed E-state index contributed by atoms with van der Waals surface area (Å²) in [5, 5.41) is 0. The van der Waals surface area contributed by atoms with Crippen LogP contribution >= 0.6 is 0 Å². The Kier molecular flexibility index (Phi) is 6.37. The lowest BCUT2D eigenvalue weighted by Gasteiger charge is -2.34. The summed E-state index contributed by atoms with van der Waals surface area (Å²) in [7, 11) is -3.05. The van der Waals surface area contributed by atoms with Gasteiger partial charge in [0.1, 0.15) is 17.1 Å². The fourth-order valence-corrected chi connectivity index (χ4v) is 6.26. The van der Waals surface area contributed by atoms with Crippen LogP contribution in [0, 0.1) is 11.7 Å². The fourth-order valence-electron chi connectivity index (χ4n) is 4.97. The molecule has 11 heteroatoms. The molecule has 2 atom stereocenters. The first-order valence-electron chi connectivity index (χ1n) is 11.9. The van der Waals surface area contributed by atoms with E-state index in [0.717, 1.165) is 30.7 Å². The van der Waals surface area contributed by atoms with Crippen LogP contribution in [0.1, 0.15) is 40.7 Å². The van der Waals surface area contributed by atoms with Crippen LogP contribution in [0.25, 0.3) is 0 Å². The number of methoxy groups -OCH3 is 1. The average Bonchev–Trinajstić information content (AvgIpc) is 3.64. The van der Waals surface area contributed by atoms with E-state index in [1.165, 1.54) is 24.1 Å². The van der Waals surface area contributed by atoms with E-state index in [1.807, 2.05) is 11.8 Å². The van der Waals surface area contributed by atoms with Crippen LogP contribution in [-0.4, -0.2) is 70.0 Å². The van der Waals surface area contributed by atoms with E-state index in [-0.39, 0.29) is 46.6 Å². The number of ether oxygens (including phenoxy) is 2. The molecule has 2 heterocycles. The number of halogens is 1. The van der Waals surface area contributed by atoms with Crippen LogP contribution in [0.15, 0.2) is 35.2 Å². The zero-order valence-corrected chi connectivity index (χ0v) is 20.9. The Labute approximate surface area is 209 Å². The van der Waals surface area contributed by atoms with Crippen molar-refractivity contribution in [3.05, 3.63) is 52.8 Å². The second-order valence-electron chi connectivity index (χ2n) is 9.35. The molecule has 1 amide bonds. The lowest BCUT2D eigenvalue weighted by atomic mass is 10.0. The molecule has 0 spiro atoms. The number of hydrogen-bond donors (Lipinski definition) is 1. The molecule has 0 bridgehead atoms. The maximum Gasteiger partial charge on any atom is 0.343 e. The Bertz CT molecular complexity index is 1330. The topological polar surface area (TPSA) is 105 Å². The molecular formula is C25H28FN3O6S. The van der Waals surface area contributed by atoms with Crippen molar-refractivity contribution in [2.24, 2.45) is 5.92 Å². The number of nitrogens with zero attached hydrogens (tertiary/aromatic N) is 2. The minimum Gasteiger partial charge on any atom is -0.492 e. The summed E-state index contributed by atoms with van der Waals surface area (Å²) < 4.78 is 54.5. The molecule has 2 fully saturated rings. The molecule has 1 saturated carbocycles. The number of rotatable bonds is 7. The number of fused-ring (bicyclic) bond motifs is 3. The summed E-state index contributed by atoms with van der Waals surface area (Å²) in [6.07, 6.45) is 0.961. The third kappa shape index (κ3) is 4.53. The average molecular weight is 518 g/mol. The first kappa shape index (κ1) is 24.5. The molecule has 1 saturated heterocycles. The number of anilines is 1. The summed E-state index contributed by atoms with van der Waals surface area (Å²) in [5.74, 6) is -0.449. The molecule has 2 unspecified atom stereocenters. The first-order valence-corrected chi connectivity index (χ1v) is 13.4. The Morgan fingerprint density at radius 2 is 2.06 bits per heavy atom. The highest BCUT2D eigenvalue weighted by atomic mass is 32.2. The second-order valence-corrected chi connectivity index (χ2v) is 11.0. The highest BCUT2D eigenvalue weighted by molar-refractivity contribution is 7.92. The van der Waals surface area contributed by atoms with E-state index in [9.17, 15) is 22.4 Å². The van der Waals surface area contributed by atoms with Crippen molar-refractivity contribution >= 4 is 27.6 Å². The number of piperazine rings is 1. The van der Waals surface area contributed by atoms with Gasteiger partial charge in [0.15, 0.2) is 0 Å². The van der Waals surface area contributed by atoms with Crippen molar-refractivity contribution in [1.29, 1.82) is 0 Å². The molecule has 1 aliphatic carbocycles. The van der Waals surface area contributed by atoms with E-state index in [1.54, 1.807) is 6.07 Å². The van der Waals surface area contributed by atoms with Crippen molar-refractivity contribution in [2.45, 2.75) is 30.7 Å². The van der Waals surface area contributed by atoms with Gasteiger partial charge < -0.3 is 14.4 Å². The van der Waals surface area contributed by atoms with Crippen LogP contribution in [0.5, 0.6) is 5.75 Å². The summed E-state index contributed by atoms with van der Waals surface area (Å²) in [6.45, 7) is 4.39. The highest BCUT2D eigenvalue weighted by Crippen LogP contribution is 2.55. The quantitative estimate of drug-likeness (QED) is 0.563. The summed E-state index contributed by atoms with van der Waals surface area (Å²) in [6, 6.07) is 6.64. The second kappa shape index (κ2) is 9.36. The van der Waals surface area contributed by atoms with Crippen molar-refractivity contribution in [1.82, 2.24) is 9.80 Å². The lowest BCUT2D eigenvalue weighted by molar-refractivity contribution is -0.136. The van der Waals surface area contributed by atoms with Gasteiger partial charge in [0.05, 0.1) is 30.8 Å². The van der Waals surface area contributed by atoms with Gasteiger partial charge in [-0.2, -0.15) is 0 Å². The van der Waals surface area contributed by atoms with Crippen LogP contribution in [0.3, 0.4) is 0 Å². The van der Waals surface area contributed by atoms with E-state index >= 15 is 0 Å². The highest BCUT2D eigenvalue weighted by Gasteiger charge is 2.45. The maximum atomic E-state index is 14.2. The third-order valence-electron chi connectivity index (χ3n) is 7.10. The van der Waals surface area contributed by atoms with Gasteiger partial charge in [-0.05, 0) is 54.3 Å². The number of hydrogen-bond acceptors (Lipinski definition) is 7. The van der Waals surface area contributed by atoms with E-state index in [4.69, 9.17) is 9.47 Å². The number of benzene rings is 2. The van der Waals surface area contributed by atoms with Gasteiger partial charge in [0, 0.05) is 25.6 Å². The van der Waals surface area contributed by atoms with Crippen molar-refractivity contribution in [3.8, 4) is 5.75 Å². The minimum absolute atomic E-state index is 0.0125. The van der Waals surface area contributed by atoms with Gasteiger partial charge in [-0.15, -0.1) is 0 Å². The Hall–Kier alpha value is -3.18. The van der Waals surface area contributed by atoms with Gasteiger partial charge in [-0.1, -0.05) is 13.0 Å². The van der Waals surface area contributed by atoms with Crippen LogP contribution in [0.2, 0.25) is 0 Å². The lowest BCUT2D eigenvalue weighted by Crippen LogP contribution is -2.49. The molecule has 2 aromatic carbocycles. The Balaban J connectivity index is 1.47. The smallest absolute Gasteiger partial charge is 0.343 e. The fraction of sp³-hybridized carbons (Fsp3) is 0.440. The molecular weight excluding hydrogens is 489 g/mol. The van der Waals surface area contributed by atoms with Gasteiger partial charge >= 0.3 is 5.97 Å². The molecule has 2 aliphatic heterocycles. The number of amides is 1. The number of carbonyl (C=O) groups excluding carboxylic acids is 2. The zero-order chi connectivity index (χ0) is 25.6. The van der Waals surface area contributed by atoms with Crippen LogP contribution in [0.4, 0.5) is 10.1 Å². The first-order chi connectivity index (χ1) is 17.2. The predicted octanol–water partition coefficient (Wildman–Crippen LogP) is 2.57. The summed E-state index contributed by atoms with van der Waals surface area (Å²) >= 11 is 0. The standard InChI is InChI=1S/C25H28FN3O6S/c1-3-28-8-9-29(22(30)13-28)12-15-10-17(26)4-7-21(15)36(32,33)27-20-6-5-18-19-11-16(19)14-35-24(18)23(20)25(31)34-2/h4-7,10,16,19,27H,3,8-9,11-14H2,1-2H3. The summed E-state index contributed by atoms with van der Waals surface area (Å²) in [4.78, 5) is 28.6. The molecule has 9 nitrogen and oxygen atoms in total. The molecule has 192 valence electrons. The van der Waals surface area contributed by atoms with Crippen LogP contribution in [-0.2, 0) is 26.1 Å². The molecule has 3 aliphatic rings. The number of likely N-dealkylation sites (N-methyl/N-ethyl adjacent to an activating group) is 1. The minimum atomic E-state index is -4.27. The van der Waals surface area contributed by atoms with Gasteiger partial charge in [0.2, 0.25) is 5.91 Å². The van der Waals surface area contributed by atoms with Crippen molar-refractivity contribution in [3.63, 3.8) is 0 Å². The maximum absolute atomic E-state index is 14.2. The molecule has 36 heavy (non-hydrogen) atoms. The predicted molar refractivity (Wildman–Crippen MR) is 129 cm³/mol. The third-order valence-corrected chi connectivity index (χ3v) is 8.57. The molecule has 0 aromatic heterocycles. The normalized spacial score (nSPS) is 21.3. The number of nitrogens with one attached hydrogen (secondary N) is 1. The van der Waals surface area contributed by atoms with E-state index in [2.05, 4.69) is 4.72 Å². The van der Waals surface area contributed by atoms with Crippen molar-refractivity contribution < 1.29 is 31.9 Å². The van der Waals surface area contributed by atoms with Gasteiger partial charge in [-0.3, -0.25) is 14.4 Å². The largest absolute Gasteiger partial charge is 0.492 e.